The van der Waals surface area contributed by atoms with Gasteiger partial charge in [0.15, 0.2) is 0 Å². The molecule has 0 saturated heterocycles. The van der Waals surface area contributed by atoms with E-state index in [0.29, 0.717) is 0 Å². The van der Waals surface area contributed by atoms with E-state index in [4.69, 9.17) is 9.97 Å². The minimum atomic E-state index is 0. The van der Waals surface area contributed by atoms with Gasteiger partial charge in [0.25, 0.3) is 0 Å². The Labute approximate surface area is 587 Å². The SMILES string of the molecule is CCCCCCC1(CCCCCC)c2ccccc2-c2ccc(-c3cc[c-]c4c3ccc3cc(-c5cccc(-c6cnc7c(ccc8c(-c9ccc%10c(c9)C(CCCCCC)(CCCCCC)c9ccccc9-%10)cc[c-]c87)c6)c5-c5cc(C)cc(C)c5)cnc34)cc21.[Ir].[Ir]. The number of benzene rings is 10. The number of nitrogens with zero attached hydrogens (tertiary/aromatic N) is 2. The number of aromatic nitrogens is 2. The van der Waals surface area contributed by atoms with Gasteiger partial charge in [0.1, 0.15) is 0 Å². The number of hydrogen-bond donors (Lipinski definition) is 0. The fourth-order valence-corrected chi connectivity index (χ4v) is 17.0. The first-order chi connectivity index (χ1) is 45.2. The summed E-state index contributed by atoms with van der Waals surface area (Å²) in [6.45, 7) is 13.7. The molecule has 2 nitrogen and oxygen atoms in total. The van der Waals surface area contributed by atoms with E-state index in [1.807, 2.05) is 0 Å². The van der Waals surface area contributed by atoms with Gasteiger partial charge in [-0.25, -0.2) is 0 Å². The number of rotatable bonds is 25. The molecular formula is C90H90Ir2N2-2. The molecule has 10 aromatic carbocycles. The maximum Gasteiger partial charge on any atom is 0.0240 e. The molecule has 0 N–H and O–H groups in total. The molecule has 0 saturated carbocycles. The summed E-state index contributed by atoms with van der Waals surface area (Å²) in [4.78, 5) is 10.8. The van der Waals surface area contributed by atoms with Crippen molar-refractivity contribution in [1.82, 2.24) is 9.97 Å². The third-order valence-electron chi connectivity index (χ3n) is 21.4. The normalized spacial score (nSPS) is 13.2. The summed E-state index contributed by atoms with van der Waals surface area (Å²) in [6.07, 6.45) is 29.4. The Balaban J connectivity index is 0.00000424. The van der Waals surface area contributed by atoms with Crippen molar-refractivity contribution in [3.63, 3.8) is 0 Å². The second-order valence-electron chi connectivity index (χ2n) is 27.5. The van der Waals surface area contributed by atoms with Crippen molar-refractivity contribution in [3.05, 3.63) is 240 Å². The molecule has 2 aliphatic carbocycles. The molecule has 2 heterocycles. The molecule has 94 heavy (non-hydrogen) atoms. The van der Waals surface area contributed by atoms with E-state index in [-0.39, 0.29) is 51.0 Å². The number of unbranched alkanes of at least 4 members (excludes halogenated alkanes) is 12. The van der Waals surface area contributed by atoms with Gasteiger partial charge in [0.05, 0.1) is 0 Å². The van der Waals surface area contributed by atoms with E-state index in [9.17, 15) is 0 Å². The van der Waals surface area contributed by atoms with Crippen LogP contribution in [-0.2, 0) is 51.0 Å². The first-order valence-electron chi connectivity index (χ1n) is 35.4. The predicted molar refractivity (Wildman–Crippen MR) is 394 cm³/mol. The summed E-state index contributed by atoms with van der Waals surface area (Å²) in [5.41, 5.74) is 28.2. The van der Waals surface area contributed by atoms with Gasteiger partial charge in [-0.15, -0.1) is 47.2 Å². The van der Waals surface area contributed by atoms with Crippen molar-refractivity contribution in [1.29, 1.82) is 0 Å². The topological polar surface area (TPSA) is 25.8 Å². The van der Waals surface area contributed by atoms with Crippen LogP contribution in [0.15, 0.2) is 194 Å². The van der Waals surface area contributed by atoms with Crippen molar-refractivity contribution >= 4 is 43.4 Å². The van der Waals surface area contributed by atoms with Gasteiger partial charge in [-0.2, -0.15) is 0 Å². The van der Waals surface area contributed by atoms with E-state index >= 15 is 0 Å². The molecule has 0 aliphatic heterocycles. The van der Waals surface area contributed by atoms with Gasteiger partial charge in [0.2, 0.25) is 0 Å². The molecule has 0 atom stereocenters. The molecule has 0 amide bonds. The minimum Gasteiger partial charge on any atom is -0.303 e. The molecule has 2 aromatic heterocycles. The molecule has 2 aliphatic rings. The molecule has 14 rings (SSSR count). The molecule has 0 spiro atoms. The van der Waals surface area contributed by atoms with Crippen LogP contribution in [0.1, 0.15) is 189 Å². The zero-order valence-electron chi connectivity index (χ0n) is 56.2. The number of fused-ring (bicyclic) bond motifs is 12. The molecular weight excluding hydrogens is 1490 g/mol. The Kier molecular flexibility index (Phi) is 20.9. The Morgan fingerprint density at radius 3 is 1.13 bits per heavy atom. The Morgan fingerprint density at radius 2 is 0.713 bits per heavy atom. The molecule has 12 aromatic rings. The molecule has 4 heteroatoms. The summed E-state index contributed by atoms with van der Waals surface area (Å²) in [6, 6.07) is 77.4. The van der Waals surface area contributed by atoms with E-state index in [1.165, 1.54) is 217 Å². The van der Waals surface area contributed by atoms with Crippen LogP contribution in [0.25, 0.3) is 121 Å². The van der Waals surface area contributed by atoms with Crippen LogP contribution in [-0.4, -0.2) is 9.97 Å². The predicted octanol–water partition coefficient (Wildman–Crippen LogP) is 26.1. The van der Waals surface area contributed by atoms with Crippen LogP contribution in [0.5, 0.6) is 0 Å². The Morgan fingerprint density at radius 1 is 0.319 bits per heavy atom. The smallest absolute Gasteiger partial charge is 0.0240 e. The summed E-state index contributed by atoms with van der Waals surface area (Å²) >= 11 is 0. The zero-order valence-corrected chi connectivity index (χ0v) is 61.0. The van der Waals surface area contributed by atoms with E-state index in [0.717, 1.165) is 54.8 Å². The van der Waals surface area contributed by atoms with Crippen molar-refractivity contribution in [2.45, 2.75) is 181 Å². The van der Waals surface area contributed by atoms with Crippen LogP contribution in [0.4, 0.5) is 0 Å². The van der Waals surface area contributed by atoms with Crippen LogP contribution in [0.2, 0.25) is 0 Å². The second kappa shape index (κ2) is 29.5. The molecule has 0 unspecified atom stereocenters. The Bertz CT molecular complexity index is 4390. The average Bonchev–Trinajstić information content (AvgIpc) is 1.53. The van der Waals surface area contributed by atoms with Crippen LogP contribution in [0, 0.1) is 26.0 Å². The standard InChI is InChI=1S/C90H90N2.2Ir/c1-7-11-15-23-48-89(49-24-16-12-8-2)82-38-21-19-30-76(82)78-46-40-63(57-84(78)89)70-32-27-36-80-74(70)44-42-65-55-68(59-91-87(65)80)72-34-29-35-73(86(72)67-53-61(5)52-62(6)54-67)69-56-66-43-45-75-71(33-28-37-81(75)88(66)92-60-69)64-41-47-79-77-31-20-22-39-83(77)90(85(79)58-64,50-25-17-13-9-3)51-26-18-14-10-4;;/h19-22,27-35,38-47,52-60H,7-18,23-26,48-51H2,1-6H3;;/q-2;;. The van der Waals surface area contributed by atoms with Crippen LogP contribution < -0.4 is 0 Å². The zero-order chi connectivity index (χ0) is 62.8. The van der Waals surface area contributed by atoms with E-state index in [1.54, 1.807) is 11.1 Å². The van der Waals surface area contributed by atoms with Gasteiger partial charge in [0, 0.05) is 63.4 Å². The van der Waals surface area contributed by atoms with Gasteiger partial charge in [-0.1, -0.05) is 321 Å². The minimum absolute atomic E-state index is 0. The Hall–Kier alpha value is -7.16. The van der Waals surface area contributed by atoms with Crippen molar-refractivity contribution in [3.8, 4) is 77.9 Å². The summed E-state index contributed by atoms with van der Waals surface area (Å²) < 4.78 is 0. The summed E-state index contributed by atoms with van der Waals surface area (Å²) in [5.74, 6) is 0. The number of aryl methyl sites for hydroxylation is 2. The van der Waals surface area contributed by atoms with Gasteiger partial charge in [-0.05, 0) is 150 Å². The maximum atomic E-state index is 5.42. The molecule has 480 valence electrons. The van der Waals surface area contributed by atoms with Crippen LogP contribution in [0.3, 0.4) is 0 Å². The summed E-state index contributed by atoms with van der Waals surface area (Å²) in [5, 5.41) is 6.70. The van der Waals surface area contributed by atoms with Gasteiger partial charge < -0.3 is 9.97 Å². The van der Waals surface area contributed by atoms with Gasteiger partial charge >= 0.3 is 0 Å². The first kappa shape index (κ1) is 66.8. The maximum absolute atomic E-state index is 5.42. The first-order valence-corrected chi connectivity index (χ1v) is 35.4. The van der Waals surface area contributed by atoms with Crippen molar-refractivity contribution < 1.29 is 40.2 Å². The van der Waals surface area contributed by atoms with Crippen LogP contribution >= 0.6 is 0 Å². The van der Waals surface area contributed by atoms with E-state index in [2.05, 4.69) is 248 Å². The molecule has 0 fully saturated rings. The van der Waals surface area contributed by atoms with Crippen molar-refractivity contribution in [2.75, 3.05) is 0 Å². The summed E-state index contributed by atoms with van der Waals surface area (Å²) in [7, 11) is 0. The fraction of sp³-hybridized carbons (Fsp3) is 0.311. The van der Waals surface area contributed by atoms with Gasteiger partial charge in [-0.3, -0.25) is 0 Å². The molecule has 2 radical (unpaired) electrons. The molecule has 0 bridgehead atoms. The number of hydrogen-bond acceptors (Lipinski definition) is 2. The third-order valence-corrected chi connectivity index (χ3v) is 21.4. The second-order valence-corrected chi connectivity index (χ2v) is 27.5. The quantitative estimate of drug-likeness (QED) is 0.0324. The number of pyridine rings is 2. The fourth-order valence-electron chi connectivity index (χ4n) is 17.0. The van der Waals surface area contributed by atoms with Crippen molar-refractivity contribution in [2.24, 2.45) is 0 Å². The monoisotopic (exact) mass is 1580 g/mol. The third kappa shape index (κ3) is 12.5. The largest absolute Gasteiger partial charge is 0.303 e. The average molecular weight is 1580 g/mol. The van der Waals surface area contributed by atoms with E-state index < -0.39 is 0 Å².